The highest BCUT2D eigenvalue weighted by Gasteiger charge is 2.41. The van der Waals surface area contributed by atoms with Crippen molar-refractivity contribution >= 4 is 148 Å². The highest BCUT2D eigenvalue weighted by molar-refractivity contribution is 6.01. The Labute approximate surface area is 742 Å². The molecule has 1 saturated heterocycles. The zero-order chi connectivity index (χ0) is 98.2. The standard InChI is InChI=1S/C78H116N18O34/c1-38(2)35-52(66(118)82-4)95-76(128)54-8-6-33-96(54)77(129)51(7-5-31-84-78(80)81)85-55(98)37-130-34-32-83-67(119)53(36-40-9-11-41(12-10-40)39(3)97)94-75(127)50(21-30-64(115)116)93-74(126)49(20-29-63(113)114)92-73(125)48(19-28-62(111)112)91-72(124)47(18-27-61(109)110)90-71(123)46(17-26-60(107)108)89-70(122)45(16-25-59(105)106)88-69(121)44(15-24-58(103)104)87-68(120)43(14-23-57(101)102)86-65(117)42(79)13-22-56(99)100/h9-12,38,42-54H,5-8,13-37,79H2,1-4H3,(H,82,118)(H,83,119)(H,85,98)(H,86,117)(H,87,120)(H,88,121)(H,89,122)(H,90,123)(H,91,124)(H,92,125)(H,93,126)(H,94,127)(H,95,128)(H,99,100)(H,101,102)(H,103,104)(H,105,106)(H,107,108)(H,109,110)(H,111,112)(H,113,114)(H,115,116)(H4,80,81,84)/t42-,43-,44-,45-,46-,47-,48-,49-,50-,51+,52+,53?,54?/m1/s1. The number of likely N-dealkylation sites (N-methyl/N-ethyl adjacent to an activating group) is 1. The molecule has 1 aromatic carbocycles. The number of carboxylic acid groups (broad SMARTS) is 9. The van der Waals surface area contributed by atoms with E-state index in [2.05, 4.69) is 69.1 Å². The summed E-state index contributed by atoms with van der Waals surface area (Å²) in [5.41, 5.74) is 11.7. The molecule has 28 N–H and O–H groups in total. The molecule has 1 fully saturated rings. The lowest BCUT2D eigenvalue weighted by atomic mass is 10.0. The number of amides is 14. The summed E-state index contributed by atoms with van der Waals surface area (Å²) in [6.07, 6.45) is -15.5. The van der Waals surface area contributed by atoms with Gasteiger partial charge in [-0.3, -0.25) is 120 Å². The lowest BCUT2D eigenvalue weighted by Gasteiger charge is -2.30. The van der Waals surface area contributed by atoms with Crippen molar-refractivity contribution in [3.8, 4) is 0 Å². The van der Waals surface area contributed by atoms with Crippen molar-refractivity contribution in [2.45, 2.75) is 253 Å². The first-order valence-electron chi connectivity index (χ1n) is 41.1. The molecule has 1 aliphatic heterocycles. The average Bonchev–Trinajstić information content (AvgIpc) is 1.67. The highest BCUT2D eigenvalue weighted by Crippen LogP contribution is 2.22. The third-order valence-electron chi connectivity index (χ3n) is 19.5. The second-order valence-electron chi connectivity index (χ2n) is 30.4. The van der Waals surface area contributed by atoms with Crippen LogP contribution < -0.4 is 85.9 Å². The number of hydrogen-bond acceptors (Lipinski definition) is 27. The molecule has 0 aromatic heterocycles. The minimum Gasteiger partial charge on any atom is -0.481 e. The number of nitrogens with zero attached hydrogens (tertiary/aromatic N) is 1. The molecule has 52 heteroatoms. The van der Waals surface area contributed by atoms with Gasteiger partial charge in [-0.25, -0.2) is 0 Å². The summed E-state index contributed by atoms with van der Waals surface area (Å²) in [5.74, 6) is -31.7. The maximum atomic E-state index is 14.5. The molecule has 1 aromatic rings. The molecule has 0 bridgehead atoms. The smallest absolute Gasteiger partial charge is 0.303 e. The average molecular weight is 1850 g/mol. The van der Waals surface area contributed by atoms with Crippen molar-refractivity contribution in [3.63, 3.8) is 0 Å². The number of carboxylic acids is 9. The number of carbonyl (C=O) groups is 24. The largest absolute Gasteiger partial charge is 0.481 e. The molecule has 1 heterocycles. The molecule has 13 atom stereocenters. The Morgan fingerprint density at radius 1 is 0.408 bits per heavy atom. The first-order valence-corrected chi connectivity index (χ1v) is 41.1. The predicted molar refractivity (Wildman–Crippen MR) is 442 cm³/mol. The molecule has 722 valence electrons. The summed E-state index contributed by atoms with van der Waals surface area (Å²) in [4.78, 5) is 315. The Morgan fingerprint density at radius 3 is 1.05 bits per heavy atom. The number of rotatable bonds is 65. The van der Waals surface area contributed by atoms with E-state index in [1.165, 1.54) is 43.1 Å². The normalized spacial score (nSPS) is 14.8. The van der Waals surface area contributed by atoms with Crippen molar-refractivity contribution < 1.29 is 166 Å². The SMILES string of the molecule is CNC(=O)[C@H](CC(C)C)NC(=O)C1CCCN1C(=O)[C@H](CCCNC(=N)N)NC(=O)COCCNC(=O)C(Cc1ccc(C(C)=O)cc1)NC(=O)[C@@H](CCC(=O)O)NC(=O)[C@@H](CCC(=O)O)NC(=O)[C@@H](CCC(=O)O)NC(=O)[C@@H](CCC(=O)O)NC(=O)[C@@H](CCC(=O)O)NC(=O)[C@@H](CCC(=O)O)NC(=O)[C@@H](CCC(=O)O)NC(=O)[C@@H](CCC(=O)O)NC(=O)[C@H](N)CCC(=O)O. The number of nitrogens with one attached hydrogen (secondary N) is 15. The van der Waals surface area contributed by atoms with Gasteiger partial charge < -0.3 is 141 Å². The number of ether oxygens (including phenoxy) is 1. The van der Waals surface area contributed by atoms with Crippen LogP contribution in [0.2, 0.25) is 0 Å². The molecule has 0 aliphatic carbocycles. The van der Waals surface area contributed by atoms with Crippen LogP contribution >= 0.6 is 0 Å². The fourth-order valence-electron chi connectivity index (χ4n) is 12.7. The van der Waals surface area contributed by atoms with Crippen LogP contribution in [0.4, 0.5) is 0 Å². The molecule has 14 amide bonds. The molecule has 130 heavy (non-hydrogen) atoms. The van der Waals surface area contributed by atoms with Gasteiger partial charge in [-0.1, -0.05) is 38.1 Å². The van der Waals surface area contributed by atoms with E-state index >= 15 is 0 Å². The van der Waals surface area contributed by atoms with Crippen molar-refractivity contribution in [2.75, 3.05) is 39.9 Å². The third kappa shape index (κ3) is 44.9. The number of benzene rings is 1. The van der Waals surface area contributed by atoms with E-state index in [1.807, 2.05) is 19.2 Å². The van der Waals surface area contributed by atoms with Gasteiger partial charge in [-0.2, -0.15) is 0 Å². The number of aliphatic carboxylic acids is 9. The minimum atomic E-state index is -2.22. The van der Waals surface area contributed by atoms with Gasteiger partial charge in [0.1, 0.15) is 79.1 Å². The predicted octanol–water partition coefficient (Wildman–Crippen LogP) is -6.95. The summed E-state index contributed by atoms with van der Waals surface area (Å²) in [5, 5.41) is 126. The van der Waals surface area contributed by atoms with Crippen LogP contribution in [0.3, 0.4) is 0 Å². The van der Waals surface area contributed by atoms with Crippen LogP contribution in [0.5, 0.6) is 0 Å². The number of nitrogens with two attached hydrogens (primary N) is 2. The summed E-state index contributed by atoms with van der Waals surface area (Å²) < 4.78 is 5.55. The molecule has 0 saturated carbocycles. The first kappa shape index (κ1) is 112. The lowest BCUT2D eigenvalue weighted by molar-refractivity contribution is -0.142. The first-order chi connectivity index (χ1) is 61.0. The van der Waals surface area contributed by atoms with E-state index in [0.717, 1.165) is 0 Å². The van der Waals surface area contributed by atoms with Gasteiger partial charge in [-0.15, -0.1) is 0 Å². The molecule has 0 radical (unpaired) electrons. The van der Waals surface area contributed by atoms with Gasteiger partial charge in [0, 0.05) is 96.5 Å². The molecule has 0 spiro atoms. The quantitative estimate of drug-likeness (QED) is 0.0125. The molecule has 2 rings (SSSR count). The fraction of sp³-hybridized carbons (Fsp3) is 0.603. The Hall–Kier alpha value is -14.1. The van der Waals surface area contributed by atoms with Crippen LogP contribution in [-0.4, -0.2) is 317 Å². The summed E-state index contributed by atoms with van der Waals surface area (Å²) in [6, 6.07) is -17.8. The second kappa shape index (κ2) is 58.3. The molecule has 52 nitrogen and oxygen atoms in total. The minimum absolute atomic E-state index is 0.00546. The number of likely N-dealkylation sites (tertiary alicyclic amines) is 1. The van der Waals surface area contributed by atoms with Crippen LogP contribution in [0.15, 0.2) is 24.3 Å². The van der Waals surface area contributed by atoms with Gasteiger partial charge in [0.25, 0.3) is 0 Å². The number of ketones is 1. The Kier molecular flexibility index (Phi) is 50.2. The Bertz CT molecular complexity index is 4230. The van der Waals surface area contributed by atoms with Crippen molar-refractivity contribution in [1.29, 1.82) is 5.41 Å². The van der Waals surface area contributed by atoms with Crippen LogP contribution in [-0.2, 0) is 121 Å². The van der Waals surface area contributed by atoms with Gasteiger partial charge in [-0.05, 0) is 108 Å². The zero-order valence-electron chi connectivity index (χ0n) is 71.7. The van der Waals surface area contributed by atoms with Crippen LogP contribution in [0.1, 0.15) is 184 Å². The molecular formula is C78H116N18O34. The Balaban J connectivity index is 2.58. The summed E-state index contributed by atoms with van der Waals surface area (Å²) in [6.45, 7) is 3.59. The van der Waals surface area contributed by atoms with E-state index in [1.54, 1.807) is 0 Å². The summed E-state index contributed by atoms with van der Waals surface area (Å²) >= 11 is 0. The number of hydrogen-bond donors (Lipinski definition) is 26. The van der Waals surface area contributed by atoms with E-state index in [-0.39, 0.29) is 67.6 Å². The second-order valence-corrected chi connectivity index (χ2v) is 30.4. The monoisotopic (exact) mass is 1850 g/mol. The Morgan fingerprint density at radius 2 is 0.738 bits per heavy atom. The van der Waals surface area contributed by atoms with Crippen molar-refractivity contribution in [2.24, 2.45) is 17.4 Å². The number of Topliss-reactive ketones (excluding diaryl/α,β-unsaturated/α-hetero) is 1. The van der Waals surface area contributed by atoms with Gasteiger partial charge in [0.05, 0.1) is 12.6 Å². The highest BCUT2D eigenvalue weighted by atomic mass is 16.5. The van der Waals surface area contributed by atoms with Gasteiger partial charge >= 0.3 is 53.7 Å². The maximum Gasteiger partial charge on any atom is 0.303 e. The third-order valence-corrected chi connectivity index (χ3v) is 19.5. The maximum absolute atomic E-state index is 14.5. The number of carbonyl (C=O) groups excluding carboxylic acids is 15. The van der Waals surface area contributed by atoms with E-state index < -0.39 is 357 Å². The fourth-order valence-corrected chi connectivity index (χ4v) is 12.7. The van der Waals surface area contributed by atoms with E-state index in [9.17, 15) is 156 Å². The van der Waals surface area contributed by atoms with E-state index in [4.69, 9.17) is 26.7 Å². The van der Waals surface area contributed by atoms with Crippen molar-refractivity contribution in [3.05, 3.63) is 35.4 Å². The summed E-state index contributed by atoms with van der Waals surface area (Å²) in [7, 11) is 1.41. The topological polar surface area (TPSA) is 849 Å². The van der Waals surface area contributed by atoms with Crippen LogP contribution in [0.25, 0.3) is 0 Å². The van der Waals surface area contributed by atoms with Crippen molar-refractivity contribution in [1.82, 2.24) is 79.3 Å². The lowest BCUT2D eigenvalue weighted by Crippen LogP contribution is -2.60. The molecule has 2 unspecified atom stereocenters. The van der Waals surface area contributed by atoms with Gasteiger partial charge in [0.2, 0.25) is 82.7 Å². The zero-order valence-corrected chi connectivity index (χ0v) is 71.7. The number of guanidine groups is 1. The molecular weight excluding hydrogens is 1730 g/mol. The van der Waals surface area contributed by atoms with E-state index in [0.29, 0.717) is 6.42 Å². The van der Waals surface area contributed by atoms with Gasteiger partial charge in [0.15, 0.2) is 11.7 Å². The molecule has 1 aliphatic rings. The van der Waals surface area contributed by atoms with Crippen LogP contribution in [0, 0.1) is 11.3 Å².